The summed E-state index contributed by atoms with van der Waals surface area (Å²) in [6.45, 7) is 2.95. The van der Waals surface area contributed by atoms with Crippen LogP contribution in [0.4, 0.5) is 10.5 Å². The number of amides is 2. The average Bonchev–Trinajstić information content (AvgIpc) is 3.33. The molecule has 1 atom stereocenters. The fraction of sp³-hybridized carbons (Fsp3) is 0.400. The molecule has 2 aliphatic rings. The monoisotopic (exact) mass is 321 g/mol. The van der Waals surface area contributed by atoms with Crippen LogP contribution in [0.15, 0.2) is 42.6 Å². The summed E-state index contributed by atoms with van der Waals surface area (Å²) in [5.41, 5.74) is 3.99. The third kappa shape index (κ3) is 3.01. The van der Waals surface area contributed by atoms with Gasteiger partial charge in [-0.05, 0) is 68.4 Å². The van der Waals surface area contributed by atoms with Gasteiger partial charge in [0.2, 0.25) is 0 Å². The van der Waals surface area contributed by atoms with Crippen molar-refractivity contribution in [1.29, 1.82) is 0 Å². The summed E-state index contributed by atoms with van der Waals surface area (Å²) in [4.78, 5) is 19.2. The molecule has 1 aliphatic carbocycles. The average molecular weight is 321 g/mol. The van der Waals surface area contributed by atoms with Crippen molar-refractivity contribution in [2.24, 2.45) is 5.92 Å². The lowest BCUT2D eigenvalue weighted by Gasteiger charge is -2.25. The summed E-state index contributed by atoms with van der Waals surface area (Å²) < 4.78 is 0. The fourth-order valence-corrected chi connectivity index (χ4v) is 3.71. The highest BCUT2D eigenvalue weighted by molar-refractivity contribution is 5.90. The van der Waals surface area contributed by atoms with E-state index in [1.54, 1.807) is 6.20 Å². The standard InChI is InChI=1S/C20H23N3O/c1-14-7-10-16(13-17(14)18-5-2-3-11-21-18)22-20(24)23-12-4-6-19(23)15-8-9-15/h2-3,5,7,10-11,13,15,19H,4,6,8-9,12H2,1H3,(H,22,24). The van der Waals surface area contributed by atoms with Gasteiger partial charge in [-0.25, -0.2) is 4.79 Å². The van der Waals surface area contributed by atoms with Crippen LogP contribution in [0.3, 0.4) is 0 Å². The molecule has 1 saturated heterocycles. The van der Waals surface area contributed by atoms with Crippen LogP contribution in [-0.4, -0.2) is 28.5 Å². The van der Waals surface area contributed by atoms with Crippen LogP contribution in [0.2, 0.25) is 0 Å². The number of aromatic nitrogens is 1. The van der Waals surface area contributed by atoms with Crippen molar-refractivity contribution in [3.8, 4) is 11.3 Å². The van der Waals surface area contributed by atoms with Crippen molar-refractivity contribution in [2.75, 3.05) is 11.9 Å². The Labute approximate surface area is 142 Å². The Balaban J connectivity index is 1.53. The van der Waals surface area contributed by atoms with Crippen molar-refractivity contribution in [2.45, 2.75) is 38.6 Å². The van der Waals surface area contributed by atoms with E-state index in [0.717, 1.165) is 47.8 Å². The molecule has 1 saturated carbocycles. The van der Waals surface area contributed by atoms with Gasteiger partial charge in [0.25, 0.3) is 0 Å². The van der Waals surface area contributed by atoms with E-state index in [-0.39, 0.29) is 6.03 Å². The number of nitrogens with zero attached hydrogens (tertiary/aromatic N) is 2. The lowest BCUT2D eigenvalue weighted by Crippen LogP contribution is -2.39. The Morgan fingerprint density at radius 1 is 1.21 bits per heavy atom. The SMILES string of the molecule is Cc1ccc(NC(=O)N2CCCC2C2CC2)cc1-c1ccccn1. The van der Waals surface area contributed by atoms with Gasteiger partial charge in [0.1, 0.15) is 0 Å². The first-order chi connectivity index (χ1) is 11.7. The minimum atomic E-state index is 0.0419. The van der Waals surface area contributed by atoms with Gasteiger partial charge in [-0.1, -0.05) is 12.1 Å². The fourth-order valence-electron chi connectivity index (χ4n) is 3.71. The zero-order valence-electron chi connectivity index (χ0n) is 14.0. The molecule has 2 fully saturated rings. The van der Waals surface area contributed by atoms with E-state index in [1.165, 1.54) is 12.8 Å². The normalized spacial score (nSPS) is 20.2. The van der Waals surface area contributed by atoms with Gasteiger partial charge in [0.05, 0.1) is 5.69 Å². The summed E-state index contributed by atoms with van der Waals surface area (Å²) in [5, 5.41) is 3.09. The summed E-state index contributed by atoms with van der Waals surface area (Å²) in [7, 11) is 0. The van der Waals surface area contributed by atoms with Gasteiger partial charge in [0.15, 0.2) is 0 Å². The molecule has 2 heterocycles. The minimum absolute atomic E-state index is 0.0419. The summed E-state index contributed by atoms with van der Waals surface area (Å²) in [6, 6.07) is 12.4. The van der Waals surface area contributed by atoms with Crippen LogP contribution in [0, 0.1) is 12.8 Å². The number of likely N-dealkylation sites (tertiary alicyclic amines) is 1. The van der Waals surface area contributed by atoms with E-state index in [9.17, 15) is 4.79 Å². The number of aryl methyl sites for hydroxylation is 1. The predicted molar refractivity (Wildman–Crippen MR) is 95.9 cm³/mol. The van der Waals surface area contributed by atoms with Gasteiger partial charge < -0.3 is 10.2 Å². The molecule has 0 bridgehead atoms. The molecule has 1 aliphatic heterocycles. The Hall–Kier alpha value is -2.36. The summed E-state index contributed by atoms with van der Waals surface area (Å²) in [5.74, 6) is 0.736. The predicted octanol–water partition coefficient (Wildman–Crippen LogP) is 4.46. The molecule has 4 rings (SSSR count). The number of carbonyl (C=O) groups is 1. The Bertz CT molecular complexity index is 740. The van der Waals surface area contributed by atoms with Gasteiger partial charge in [-0.15, -0.1) is 0 Å². The number of hydrogen-bond acceptors (Lipinski definition) is 2. The van der Waals surface area contributed by atoms with E-state index < -0.39 is 0 Å². The largest absolute Gasteiger partial charge is 0.322 e. The van der Waals surface area contributed by atoms with Crippen LogP contribution in [0.5, 0.6) is 0 Å². The number of rotatable bonds is 3. The Kier molecular flexibility index (Phi) is 3.97. The van der Waals surface area contributed by atoms with Crippen LogP contribution in [0.1, 0.15) is 31.2 Å². The molecule has 124 valence electrons. The van der Waals surface area contributed by atoms with Gasteiger partial charge in [0, 0.05) is 30.0 Å². The van der Waals surface area contributed by atoms with Crippen molar-refractivity contribution in [1.82, 2.24) is 9.88 Å². The maximum absolute atomic E-state index is 12.7. The quantitative estimate of drug-likeness (QED) is 0.907. The maximum Gasteiger partial charge on any atom is 0.322 e. The number of anilines is 1. The molecule has 1 N–H and O–H groups in total. The molecule has 1 unspecified atom stereocenters. The molecule has 4 heteroatoms. The van der Waals surface area contributed by atoms with Crippen molar-refractivity contribution in [3.63, 3.8) is 0 Å². The number of nitrogens with one attached hydrogen (secondary N) is 1. The number of benzene rings is 1. The minimum Gasteiger partial charge on any atom is -0.321 e. The molecule has 24 heavy (non-hydrogen) atoms. The first kappa shape index (κ1) is 15.2. The molecule has 0 radical (unpaired) electrons. The van der Waals surface area contributed by atoms with Crippen LogP contribution in [0.25, 0.3) is 11.3 Å². The van der Waals surface area contributed by atoms with Crippen molar-refractivity contribution < 1.29 is 4.79 Å². The lowest BCUT2D eigenvalue weighted by molar-refractivity contribution is 0.200. The summed E-state index contributed by atoms with van der Waals surface area (Å²) in [6.07, 6.45) is 6.64. The van der Waals surface area contributed by atoms with E-state index in [4.69, 9.17) is 0 Å². The summed E-state index contributed by atoms with van der Waals surface area (Å²) >= 11 is 0. The molecule has 4 nitrogen and oxygen atoms in total. The molecular weight excluding hydrogens is 298 g/mol. The highest BCUT2D eigenvalue weighted by Gasteiger charge is 2.40. The third-order valence-corrected chi connectivity index (χ3v) is 5.16. The highest BCUT2D eigenvalue weighted by atomic mass is 16.2. The zero-order chi connectivity index (χ0) is 16.5. The number of urea groups is 1. The number of carbonyl (C=O) groups excluding carboxylic acids is 1. The maximum atomic E-state index is 12.7. The second kappa shape index (κ2) is 6.27. The van der Waals surface area contributed by atoms with E-state index >= 15 is 0 Å². The van der Waals surface area contributed by atoms with Crippen molar-refractivity contribution in [3.05, 3.63) is 48.2 Å². The number of pyridine rings is 1. The van der Waals surface area contributed by atoms with E-state index in [1.807, 2.05) is 41.3 Å². The topological polar surface area (TPSA) is 45.2 Å². The third-order valence-electron chi connectivity index (χ3n) is 5.16. The van der Waals surface area contributed by atoms with E-state index in [2.05, 4.69) is 17.2 Å². The van der Waals surface area contributed by atoms with Crippen molar-refractivity contribution >= 4 is 11.7 Å². The Morgan fingerprint density at radius 3 is 2.83 bits per heavy atom. The van der Waals surface area contributed by atoms with Gasteiger partial charge in [-0.3, -0.25) is 4.98 Å². The second-order valence-corrected chi connectivity index (χ2v) is 6.92. The van der Waals surface area contributed by atoms with Crippen LogP contribution < -0.4 is 5.32 Å². The van der Waals surface area contributed by atoms with Gasteiger partial charge >= 0.3 is 6.03 Å². The van der Waals surface area contributed by atoms with Gasteiger partial charge in [-0.2, -0.15) is 0 Å². The highest BCUT2D eigenvalue weighted by Crippen LogP contribution is 2.40. The molecular formula is C20H23N3O. The van der Waals surface area contributed by atoms with Crippen LogP contribution in [-0.2, 0) is 0 Å². The molecule has 0 spiro atoms. The number of hydrogen-bond donors (Lipinski definition) is 1. The first-order valence-electron chi connectivity index (χ1n) is 8.82. The molecule has 2 aromatic rings. The molecule has 1 aromatic carbocycles. The molecule has 2 amide bonds. The van der Waals surface area contributed by atoms with Crippen LogP contribution >= 0.6 is 0 Å². The second-order valence-electron chi connectivity index (χ2n) is 6.92. The molecule has 1 aromatic heterocycles. The lowest BCUT2D eigenvalue weighted by atomic mass is 10.0. The van der Waals surface area contributed by atoms with E-state index in [0.29, 0.717) is 6.04 Å². The zero-order valence-corrected chi connectivity index (χ0v) is 14.0. The smallest absolute Gasteiger partial charge is 0.321 e. The first-order valence-corrected chi connectivity index (χ1v) is 8.82. The Morgan fingerprint density at radius 2 is 2.08 bits per heavy atom.